The van der Waals surface area contributed by atoms with Gasteiger partial charge in [0, 0.05) is 6.42 Å². The third-order valence-corrected chi connectivity index (χ3v) is 2.58. The van der Waals surface area contributed by atoms with Gasteiger partial charge >= 0.3 is 12.1 Å². The monoisotopic (exact) mass is 241 g/mol. The van der Waals surface area contributed by atoms with Crippen LogP contribution in [0.25, 0.3) is 0 Å². The number of hydrogen-bond donors (Lipinski definition) is 1. The van der Waals surface area contributed by atoms with Crippen molar-refractivity contribution in [2.24, 2.45) is 0 Å². The predicted molar refractivity (Wildman–Crippen MR) is 54.3 cm³/mol. The standard InChI is InChI=1S/C10H18F3NO2/c1-4-14(9(2,3)8(15)16)7-5-6-10(11,12)13/h4-7H2,1-3H3,(H,15,16). The summed E-state index contributed by atoms with van der Waals surface area (Å²) in [5.41, 5.74) is -1.12. The quantitative estimate of drug-likeness (QED) is 0.776. The Morgan fingerprint density at radius 3 is 2.12 bits per heavy atom. The molecule has 0 heterocycles. The second kappa shape index (κ2) is 5.52. The van der Waals surface area contributed by atoms with E-state index < -0.39 is 24.1 Å². The fraction of sp³-hybridized carbons (Fsp3) is 0.900. The first-order valence-corrected chi connectivity index (χ1v) is 5.16. The number of alkyl halides is 3. The minimum Gasteiger partial charge on any atom is -0.480 e. The molecule has 96 valence electrons. The molecule has 16 heavy (non-hydrogen) atoms. The van der Waals surface area contributed by atoms with Crippen molar-refractivity contribution in [2.75, 3.05) is 13.1 Å². The molecule has 0 saturated carbocycles. The summed E-state index contributed by atoms with van der Waals surface area (Å²) in [6, 6.07) is 0. The highest BCUT2D eigenvalue weighted by atomic mass is 19.4. The van der Waals surface area contributed by atoms with Gasteiger partial charge in [-0.25, -0.2) is 0 Å². The predicted octanol–water partition coefficient (Wildman–Crippen LogP) is 2.51. The zero-order valence-corrected chi connectivity index (χ0v) is 9.76. The summed E-state index contributed by atoms with van der Waals surface area (Å²) in [5.74, 6) is -1.03. The summed E-state index contributed by atoms with van der Waals surface area (Å²) >= 11 is 0. The number of nitrogens with zero attached hydrogens (tertiary/aromatic N) is 1. The Labute approximate surface area is 93.2 Å². The lowest BCUT2D eigenvalue weighted by molar-refractivity contribution is -0.150. The molecule has 3 nitrogen and oxygen atoms in total. The number of hydrogen-bond acceptors (Lipinski definition) is 2. The van der Waals surface area contributed by atoms with Crippen LogP contribution in [0.4, 0.5) is 13.2 Å². The average Bonchev–Trinajstić information content (AvgIpc) is 2.10. The van der Waals surface area contributed by atoms with Crippen molar-refractivity contribution in [3.05, 3.63) is 0 Å². The topological polar surface area (TPSA) is 40.5 Å². The second-order valence-corrected chi connectivity index (χ2v) is 4.16. The summed E-state index contributed by atoms with van der Waals surface area (Å²) in [6.07, 6.45) is -5.12. The van der Waals surface area contributed by atoms with Crippen LogP contribution in [0.2, 0.25) is 0 Å². The second-order valence-electron chi connectivity index (χ2n) is 4.16. The molecule has 1 N–H and O–H groups in total. The Balaban J connectivity index is 4.27. The number of carboxylic acids is 1. The summed E-state index contributed by atoms with van der Waals surface area (Å²) in [6.45, 7) is 5.27. The van der Waals surface area contributed by atoms with E-state index in [1.165, 1.54) is 18.7 Å². The number of carbonyl (C=O) groups is 1. The Kier molecular flexibility index (Phi) is 5.25. The van der Waals surface area contributed by atoms with Gasteiger partial charge in [0.05, 0.1) is 0 Å². The normalized spacial score (nSPS) is 13.2. The van der Waals surface area contributed by atoms with Gasteiger partial charge in [0.15, 0.2) is 0 Å². The molecule has 0 rings (SSSR count). The zero-order valence-electron chi connectivity index (χ0n) is 9.76. The van der Waals surface area contributed by atoms with Crippen LogP contribution in [0.1, 0.15) is 33.6 Å². The molecule has 0 fully saturated rings. The largest absolute Gasteiger partial charge is 0.480 e. The van der Waals surface area contributed by atoms with Crippen molar-refractivity contribution in [3.63, 3.8) is 0 Å². The van der Waals surface area contributed by atoms with E-state index in [4.69, 9.17) is 5.11 Å². The number of carboxylic acid groups (broad SMARTS) is 1. The first kappa shape index (κ1) is 15.2. The lowest BCUT2D eigenvalue weighted by Crippen LogP contribution is -2.50. The molecule has 0 saturated heterocycles. The number of likely N-dealkylation sites (N-methyl/N-ethyl adjacent to an activating group) is 1. The molecule has 0 aromatic rings. The maximum absolute atomic E-state index is 11.9. The lowest BCUT2D eigenvalue weighted by atomic mass is 10.0. The van der Waals surface area contributed by atoms with Gasteiger partial charge in [-0.15, -0.1) is 0 Å². The van der Waals surface area contributed by atoms with Crippen LogP contribution in [-0.4, -0.2) is 40.8 Å². The van der Waals surface area contributed by atoms with Crippen LogP contribution in [-0.2, 0) is 4.79 Å². The number of halogens is 3. The molecular formula is C10H18F3NO2. The maximum Gasteiger partial charge on any atom is 0.389 e. The van der Waals surface area contributed by atoms with E-state index in [0.29, 0.717) is 6.54 Å². The molecule has 0 bridgehead atoms. The van der Waals surface area contributed by atoms with Gasteiger partial charge in [0.25, 0.3) is 0 Å². The van der Waals surface area contributed by atoms with Gasteiger partial charge in [-0.3, -0.25) is 9.69 Å². The molecule has 6 heteroatoms. The molecule has 0 aromatic heterocycles. The Bertz CT molecular complexity index is 239. The van der Waals surface area contributed by atoms with Crippen molar-refractivity contribution in [3.8, 4) is 0 Å². The molecule has 0 aliphatic carbocycles. The molecule has 0 aliphatic rings. The van der Waals surface area contributed by atoms with Crippen molar-refractivity contribution in [2.45, 2.75) is 45.3 Å². The smallest absolute Gasteiger partial charge is 0.389 e. The highest BCUT2D eigenvalue weighted by molar-refractivity contribution is 5.77. The molecule has 0 amide bonds. The van der Waals surface area contributed by atoms with Crippen LogP contribution in [0.15, 0.2) is 0 Å². The van der Waals surface area contributed by atoms with Gasteiger partial charge in [-0.2, -0.15) is 13.2 Å². The van der Waals surface area contributed by atoms with Crippen LogP contribution in [0.3, 0.4) is 0 Å². The highest BCUT2D eigenvalue weighted by Crippen LogP contribution is 2.23. The van der Waals surface area contributed by atoms with Crippen LogP contribution in [0, 0.1) is 0 Å². The van der Waals surface area contributed by atoms with Crippen molar-refractivity contribution in [1.29, 1.82) is 0 Å². The molecule has 0 atom stereocenters. The number of aliphatic carboxylic acids is 1. The first-order chi connectivity index (χ1) is 7.11. The van der Waals surface area contributed by atoms with Gasteiger partial charge < -0.3 is 5.11 Å². The van der Waals surface area contributed by atoms with Crippen LogP contribution >= 0.6 is 0 Å². The van der Waals surface area contributed by atoms with Gasteiger partial charge in [0.1, 0.15) is 5.54 Å². The summed E-state index contributed by atoms with van der Waals surface area (Å²) < 4.78 is 35.8. The van der Waals surface area contributed by atoms with Crippen molar-refractivity contribution in [1.82, 2.24) is 4.90 Å². The van der Waals surface area contributed by atoms with Crippen LogP contribution < -0.4 is 0 Å². The summed E-state index contributed by atoms with van der Waals surface area (Å²) in [5, 5.41) is 8.94. The number of rotatable bonds is 6. The van der Waals surface area contributed by atoms with Crippen LogP contribution in [0.5, 0.6) is 0 Å². The summed E-state index contributed by atoms with van der Waals surface area (Å²) in [7, 11) is 0. The lowest BCUT2D eigenvalue weighted by Gasteiger charge is -2.34. The summed E-state index contributed by atoms with van der Waals surface area (Å²) in [4.78, 5) is 12.4. The molecule has 0 aromatic carbocycles. The van der Waals surface area contributed by atoms with E-state index in [0.717, 1.165) is 0 Å². The van der Waals surface area contributed by atoms with Crippen molar-refractivity contribution >= 4 is 5.97 Å². The fourth-order valence-corrected chi connectivity index (χ4v) is 1.44. The average molecular weight is 241 g/mol. The van der Waals surface area contributed by atoms with E-state index in [2.05, 4.69) is 0 Å². The third kappa shape index (κ3) is 4.83. The highest BCUT2D eigenvalue weighted by Gasteiger charge is 2.34. The maximum atomic E-state index is 11.9. The van der Waals surface area contributed by atoms with E-state index in [1.807, 2.05) is 0 Å². The van der Waals surface area contributed by atoms with E-state index in [9.17, 15) is 18.0 Å². The Hall–Kier alpha value is -0.780. The third-order valence-electron chi connectivity index (χ3n) is 2.58. The van der Waals surface area contributed by atoms with Gasteiger partial charge in [-0.05, 0) is 33.4 Å². The Morgan fingerprint density at radius 1 is 1.31 bits per heavy atom. The van der Waals surface area contributed by atoms with E-state index in [1.54, 1.807) is 6.92 Å². The minimum atomic E-state index is -4.17. The van der Waals surface area contributed by atoms with Crippen molar-refractivity contribution < 1.29 is 23.1 Å². The molecule has 0 unspecified atom stereocenters. The van der Waals surface area contributed by atoms with Gasteiger partial charge in [-0.1, -0.05) is 6.92 Å². The zero-order chi connectivity index (χ0) is 13.0. The van der Waals surface area contributed by atoms with E-state index in [-0.39, 0.29) is 13.0 Å². The molecular weight excluding hydrogens is 223 g/mol. The van der Waals surface area contributed by atoms with Gasteiger partial charge in [0.2, 0.25) is 0 Å². The van der Waals surface area contributed by atoms with E-state index >= 15 is 0 Å². The molecule has 0 spiro atoms. The molecule has 0 radical (unpaired) electrons. The fourth-order valence-electron chi connectivity index (χ4n) is 1.44. The minimum absolute atomic E-state index is 0.0753. The Morgan fingerprint density at radius 2 is 1.81 bits per heavy atom. The first-order valence-electron chi connectivity index (χ1n) is 5.16. The SMILES string of the molecule is CCN(CCCC(F)(F)F)C(C)(C)C(=O)O. The molecule has 0 aliphatic heterocycles.